The maximum Gasteiger partial charge on any atom is 0.459 e. The molecule has 0 heterocycles. The van der Waals surface area contributed by atoms with Gasteiger partial charge >= 0.3 is 30.3 Å². The van der Waals surface area contributed by atoms with E-state index in [0.29, 0.717) is 0 Å². The molecule has 0 aliphatic rings. The Bertz CT molecular complexity index is 353. The second-order valence-corrected chi connectivity index (χ2v) is 3.52. The Kier molecular flexibility index (Phi) is 5.11. The average molecular weight is 350 g/mol. The summed E-state index contributed by atoms with van der Waals surface area (Å²) < 4.78 is 159. The van der Waals surface area contributed by atoms with E-state index >= 15 is 0 Å². The van der Waals surface area contributed by atoms with Gasteiger partial charge in [-0.2, -0.15) is 52.7 Å². The van der Waals surface area contributed by atoms with Gasteiger partial charge in [-0.15, -0.1) is 0 Å². The van der Waals surface area contributed by atoms with Crippen LogP contribution in [0.5, 0.6) is 0 Å². The van der Waals surface area contributed by atoms with Crippen LogP contribution in [0.2, 0.25) is 0 Å². The molecule has 0 aromatic carbocycles. The lowest BCUT2D eigenvalue weighted by Crippen LogP contribution is -2.61. The topological polar surface area (TPSA) is 9.23 Å². The molecule has 21 heavy (non-hydrogen) atoms. The Morgan fingerprint density at radius 1 is 0.714 bits per heavy atom. The number of hydrogen-bond donors (Lipinski definition) is 0. The van der Waals surface area contributed by atoms with E-state index in [2.05, 4.69) is 4.74 Å². The van der Waals surface area contributed by atoms with Crippen molar-refractivity contribution < 1.29 is 61.8 Å². The van der Waals surface area contributed by atoms with Crippen molar-refractivity contribution in [3.05, 3.63) is 0 Å². The molecule has 0 aromatic rings. The molecule has 128 valence electrons. The molecule has 0 saturated heterocycles. The van der Waals surface area contributed by atoms with Crippen LogP contribution in [-0.4, -0.2) is 43.1 Å². The van der Waals surface area contributed by atoms with Crippen molar-refractivity contribution in [1.82, 2.24) is 0 Å². The number of rotatable bonds is 5. The number of alkyl halides is 13. The van der Waals surface area contributed by atoms with Gasteiger partial charge in [-0.25, -0.2) is 4.39 Å². The van der Waals surface area contributed by atoms with E-state index in [-0.39, 0.29) is 0 Å². The van der Waals surface area contributed by atoms with Gasteiger partial charge in [0.15, 0.2) is 0 Å². The first-order valence-corrected chi connectivity index (χ1v) is 4.41. The van der Waals surface area contributed by atoms with E-state index < -0.39 is 43.1 Å². The number of halogens is 13. The quantitative estimate of drug-likeness (QED) is 0.671. The lowest BCUT2D eigenvalue weighted by Gasteiger charge is -2.33. The summed E-state index contributed by atoms with van der Waals surface area (Å²) in [6.07, 6.45) is -24.6. The molecule has 1 unspecified atom stereocenters. The minimum Gasteiger partial charge on any atom is -0.308 e. The van der Waals surface area contributed by atoms with Gasteiger partial charge in [-0.3, -0.25) is 0 Å². The predicted octanol–water partition coefficient (Wildman–Crippen LogP) is 4.33. The Labute approximate surface area is 106 Å². The second kappa shape index (κ2) is 5.35. The first kappa shape index (κ1) is 20.1. The fraction of sp³-hybridized carbons (Fsp3) is 1.00. The summed E-state index contributed by atoms with van der Waals surface area (Å²) in [5.41, 5.74) is 0. The van der Waals surface area contributed by atoms with Crippen LogP contribution in [-0.2, 0) is 4.74 Å². The lowest BCUT2D eigenvalue weighted by atomic mass is 10.1. The molecular weight excluding hydrogens is 347 g/mol. The Morgan fingerprint density at radius 2 is 1.10 bits per heavy atom. The molecule has 0 fully saturated rings. The van der Waals surface area contributed by atoms with Gasteiger partial charge in [-0.1, -0.05) is 0 Å². The third-order valence-corrected chi connectivity index (χ3v) is 1.82. The number of hydrogen-bond acceptors (Lipinski definition) is 1. The lowest BCUT2D eigenvalue weighted by molar-refractivity contribution is -0.403. The van der Waals surface area contributed by atoms with Gasteiger partial charge in [0.1, 0.15) is 6.61 Å². The van der Waals surface area contributed by atoms with E-state index in [9.17, 15) is 57.1 Å². The van der Waals surface area contributed by atoms with Crippen LogP contribution in [0.4, 0.5) is 57.1 Å². The largest absolute Gasteiger partial charge is 0.459 e. The van der Waals surface area contributed by atoms with Crippen LogP contribution in [0.1, 0.15) is 0 Å². The normalized spacial score (nSPS) is 17.0. The average Bonchev–Trinajstić information content (AvgIpc) is 2.22. The second-order valence-electron chi connectivity index (χ2n) is 3.52. The van der Waals surface area contributed by atoms with E-state index in [0.717, 1.165) is 0 Å². The molecule has 0 radical (unpaired) electrons. The first-order chi connectivity index (χ1) is 8.86. The van der Waals surface area contributed by atoms with E-state index in [1.807, 2.05) is 0 Å². The summed E-state index contributed by atoms with van der Waals surface area (Å²) in [7, 11) is 0. The van der Waals surface area contributed by atoms with Crippen molar-refractivity contribution >= 4 is 0 Å². The Hall–Kier alpha value is -0.950. The van der Waals surface area contributed by atoms with Crippen molar-refractivity contribution in [2.45, 2.75) is 36.5 Å². The summed E-state index contributed by atoms with van der Waals surface area (Å²) in [5, 5.41) is 0. The van der Waals surface area contributed by atoms with Crippen molar-refractivity contribution in [1.29, 1.82) is 0 Å². The first-order valence-electron chi connectivity index (χ1n) is 4.41. The van der Waals surface area contributed by atoms with Gasteiger partial charge in [0, 0.05) is 0 Å². The fourth-order valence-electron chi connectivity index (χ4n) is 0.810. The maximum absolute atomic E-state index is 12.6. The van der Waals surface area contributed by atoms with Crippen LogP contribution in [0.25, 0.3) is 0 Å². The smallest absolute Gasteiger partial charge is 0.308 e. The molecule has 0 amide bonds. The van der Waals surface area contributed by atoms with E-state index in [4.69, 9.17) is 0 Å². The molecule has 1 atom stereocenters. The van der Waals surface area contributed by atoms with Crippen molar-refractivity contribution in [2.75, 3.05) is 6.61 Å². The van der Waals surface area contributed by atoms with Gasteiger partial charge in [0.05, 0.1) is 0 Å². The minimum atomic E-state index is -7.26. The van der Waals surface area contributed by atoms with Crippen LogP contribution >= 0.6 is 0 Å². The third kappa shape index (κ3) is 4.26. The molecule has 0 N–H and O–H groups in total. The van der Waals surface area contributed by atoms with Crippen LogP contribution in [0.15, 0.2) is 0 Å². The van der Waals surface area contributed by atoms with Gasteiger partial charge in [0.25, 0.3) is 6.17 Å². The third-order valence-electron chi connectivity index (χ3n) is 1.82. The summed E-state index contributed by atoms with van der Waals surface area (Å²) in [6, 6.07) is 0. The zero-order valence-electron chi connectivity index (χ0n) is 9.11. The molecule has 0 aromatic heterocycles. The van der Waals surface area contributed by atoms with Crippen molar-refractivity contribution in [3.8, 4) is 0 Å². The SMILES string of the molecule is FC(C(F)(F)OCC(F)(F)F)C(F)(F)C(F)(F)C(F)(F)F. The van der Waals surface area contributed by atoms with Crippen LogP contribution in [0, 0.1) is 0 Å². The highest BCUT2D eigenvalue weighted by Gasteiger charge is 2.79. The zero-order valence-corrected chi connectivity index (χ0v) is 9.11. The molecule has 0 spiro atoms. The monoisotopic (exact) mass is 350 g/mol. The maximum atomic E-state index is 12.6. The fourth-order valence-corrected chi connectivity index (χ4v) is 0.810. The van der Waals surface area contributed by atoms with Gasteiger partial charge in [-0.05, 0) is 0 Å². The predicted molar refractivity (Wildman–Crippen MR) is 37.8 cm³/mol. The van der Waals surface area contributed by atoms with Crippen molar-refractivity contribution in [3.63, 3.8) is 0 Å². The standard InChI is InChI=1S/C7H3F13O/c8-2(5(14,15)21-1-3(9,10)11)4(12,13)6(16,17)7(18,19)20/h2H,1H2. The molecule has 0 saturated carbocycles. The Balaban J connectivity index is 5.34. The molecule has 14 heteroatoms. The van der Waals surface area contributed by atoms with E-state index in [1.54, 1.807) is 0 Å². The molecule has 0 aliphatic heterocycles. The highest BCUT2D eigenvalue weighted by atomic mass is 19.4. The molecular formula is C7H3F13O. The molecule has 0 aliphatic carbocycles. The Morgan fingerprint density at radius 3 is 1.38 bits per heavy atom. The highest BCUT2D eigenvalue weighted by Crippen LogP contribution is 2.51. The summed E-state index contributed by atoms with van der Waals surface area (Å²) in [6.45, 7) is -3.05. The molecule has 0 bridgehead atoms. The zero-order chi connectivity index (χ0) is 17.5. The van der Waals surface area contributed by atoms with Crippen LogP contribution < -0.4 is 0 Å². The minimum absolute atomic E-state index is 2.34. The van der Waals surface area contributed by atoms with Crippen molar-refractivity contribution in [2.24, 2.45) is 0 Å². The number of ether oxygens (including phenoxy) is 1. The highest BCUT2D eigenvalue weighted by molar-refractivity contribution is 4.99. The summed E-state index contributed by atoms with van der Waals surface area (Å²) in [5.74, 6) is -14.3. The van der Waals surface area contributed by atoms with Crippen LogP contribution in [0.3, 0.4) is 0 Å². The molecule has 1 nitrogen and oxygen atoms in total. The summed E-state index contributed by atoms with van der Waals surface area (Å²) in [4.78, 5) is 0. The van der Waals surface area contributed by atoms with Gasteiger partial charge < -0.3 is 4.74 Å². The molecule has 0 rings (SSSR count). The van der Waals surface area contributed by atoms with E-state index in [1.165, 1.54) is 0 Å². The summed E-state index contributed by atoms with van der Waals surface area (Å²) >= 11 is 0. The van der Waals surface area contributed by atoms with Gasteiger partial charge in [0.2, 0.25) is 0 Å².